The third kappa shape index (κ3) is 5.32. The molecule has 2 N–H and O–H groups in total. The first kappa shape index (κ1) is 20.5. The molecule has 1 saturated heterocycles. The molecule has 0 radical (unpaired) electrons. The van der Waals surface area contributed by atoms with Crippen LogP contribution in [0, 0.1) is 0 Å². The maximum atomic E-state index is 13.2. The molecule has 1 aromatic heterocycles. The van der Waals surface area contributed by atoms with Crippen molar-refractivity contribution < 1.29 is 28.6 Å². The van der Waals surface area contributed by atoms with Crippen LogP contribution in [0.2, 0.25) is 0 Å². The second kappa shape index (κ2) is 9.74. The van der Waals surface area contributed by atoms with Crippen LogP contribution in [-0.2, 0) is 23.5 Å². The van der Waals surface area contributed by atoms with E-state index in [2.05, 4.69) is 26.2 Å². The van der Waals surface area contributed by atoms with E-state index < -0.39 is 19.4 Å². The number of nitrogens with zero attached hydrogens (tertiary/aromatic N) is 4. The number of morpholine rings is 1. The minimum absolute atomic E-state index is 0.0442. The first-order chi connectivity index (χ1) is 12.5. The average Bonchev–Trinajstić information content (AvgIpc) is 3.07. The fraction of sp³-hybridized carbons (Fsp3) is 0.538. The lowest BCUT2D eigenvalue weighted by Crippen LogP contribution is -2.36. The summed E-state index contributed by atoms with van der Waals surface area (Å²) in [4.78, 5) is 20.1. The third-order valence-electron chi connectivity index (χ3n) is 3.09. The van der Waals surface area contributed by atoms with Crippen LogP contribution >= 0.6 is 19.2 Å². The average molecular weight is 405 g/mol. The largest absolute Gasteiger partial charge is 0.476 e. The highest BCUT2D eigenvalue weighted by Crippen LogP contribution is 2.50. The van der Waals surface area contributed by atoms with Gasteiger partial charge < -0.3 is 19.2 Å². The van der Waals surface area contributed by atoms with E-state index >= 15 is 0 Å². The number of oxime groups is 1. The highest BCUT2D eigenvalue weighted by atomic mass is 32.1. The molecule has 0 saturated carbocycles. The van der Waals surface area contributed by atoms with E-state index in [1.165, 1.54) is 6.08 Å². The van der Waals surface area contributed by atoms with E-state index in [1.807, 2.05) is 0 Å². The molecular weight excluding hydrogens is 385 g/mol. The molecule has 0 aromatic carbocycles. The second-order valence-corrected chi connectivity index (χ2v) is 7.71. The summed E-state index contributed by atoms with van der Waals surface area (Å²) in [6.45, 7) is 7.20. The van der Waals surface area contributed by atoms with Crippen molar-refractivity contribution in [2.75, 3.05) is 44.6 Å². The van der Waals surface area contributed by atoms with E-state index in [9.17, 15) is 14.5 Å². The molecule has 1 unspecified atom stereocenters. The molecule has 13 heteroatoms. The van der Waals surface area contributed by atoms with Gasteiger partial charge in [-0.3, -0.25) is 5.09 Å². The number of carboxylic acids is 1. The van der Waals surface area contributed by atoms with Crippen molar-refractivity contribution >= 4 is 36.0 Å². The fourth-order valence-electron chi connectivity index (χ4n) is 1.99. The third-order valence-corrected chi connectivity index (χ3v) is 6.12. The first-order valence-electron chi connectivity index (χ1n) is 7.74. The molecule has 1 aromatic rings. The number of ether oxygens (including phenoxy) is 1. The van der Waals surface area contributed by atoms with Gasteiger partial charge in [-0.15, -0.1) is 0 Å². The number of nitrogens with one attached hydrogen (secondary N) is 1. The molecule has 144 valence electrons. The Hall–Kier alpha value is -1.85. The van der Waals surface area contributed by atoms with Crippen molar-refractivity contribution in [2.24, 2.45) is 5.16 Å². The molecule has 1 aliphatic heterocycles. The van der Waals surface area contributed by atoms with Gasteiger partial charge in [0.15, 0.2) is 0 Å². The van der Waals surface area contributed by atoms with Crippen molar-refractivity contribution in [2.45, 2.75) is 6.92 Å². The van der Waals surface area contributed by atoms with Crippen molar-refractivity contribution in [3.05, 3.63) is 18.5 Å². The monoisotopic (exact) mass is 405 g/mol. The van der Waals surface area contributed by atoms with Gasteiger partial charge in [0.05, 0.1) is 19.8 Å². The number of carboxylic acid groups (broad SMARTS) is 1. The quantitative estimate of drug-likeness (QED) is 0.193. The van der Waals surface area contributed by atoms with Crippen LogP contribution < -0.4 is 5.09 Å². The standard InChI is InChI=1S/C13H20N5O6PS/c1-3-7-23-15-10(12(19)20)11-14-13(26-17-11)16-25(21,24-4-2)18-5-8-22-9-6-18/h3H,1,4-9H2,2H3,(H,19,20)(H,14,16,17,21)/b15-10-. The van der Waals surface area contributed by atoms with Crippen LogP contribution in [0.3, 0.4) is 0 Å². The Kier molecular flexibility index (Phi) is 7.66. The Balaban J connectivity index is 2.18. The molecule has 0 bridgehead atoms. The molecule has 1 atom stereocenters. The van der Waals surface area contributed by atoms with Gasteiger partial charge in [0.1, 0.15) is 6.61 Å². The van der Waals surface area contributed by atoms with E-state index in [0.717, 1.165) is 11.5 Å². The summed E-state index contributed by atoms with van der Waals surface area (Å²) in [5, 5.41) is 15.6. The molecule has 0 amide bonds. The highest BCUT2D eigenvalue weighted by molar-refractivity contribution is 7.58. The van der Waals surface area contributed by atoms with Crippen molar-refractivity contribution in [1.82, 2.24) is 14.0 Å². The number of rotatable bonds is 10. The smallest absolute Gasteiger partial charge is 0.370 e. The Morgan fingerprint density at radius 2 is 2.31 bits per heavy atom. The zero-order valence-electron chi connectivity index (χ0n) is 14.2. The number of hydrogen-bond donors (Lipinski definition) is 2. The van der Waals surface area contributed by atoms with Crippen molar-refractivity contribution in [1.29, 1.82) is 0 Å². The second-order valence-electron chi connectivity index (χ2n) is 4.87. The minimum atomic E-state index is -3.40. The SMILES string of the molecule is C=CCO/N=C(\C(=O)O)c1nsc(NP(=O)(OCC)N2CCOCC2)n1. The van der Waals surface area contributed by atoms with Gasteiger partial charge in [-0.25, -0.2) is 14.0 Å². The molecule has 0 spiro atoms. The lowest BCUT2D eigenvalue weighted by atomic mass is 10.4. The van der Waals surface area contributed by atoms with Crippen molar-refractivity contribution in [3.63, 3.8) is 0 Å². The normalized spacial score (nSPS) is 18.1. The topological polar surface area (TPSA) is 135 Å². The van der Waals surface area contributed by atoms with Gasteiger partial charge >= 0.3 is 13.6 Å². The Labute approximate surface area is 154 Å². The molecule has 1 fully saturated rings. The van der Waals surface area contributed by atoms with Crippen molar-refractivity contribution in [3.8, 4) is 0 Å². The Bertz CT molecular complexity index is 705. The number of anilines is 1. The summed E-state index contributed by atoms with van der Waals surface area (Å²) < 4.78 is 29.4. The van der Waals surface area contributed by atoms with Gasteiger partial charge in [0, 0.05) is 24.6 Å². The first-order valence-corrected chi connectivity index (χ1v) is 10.1. The van der Waals surface area contributed by atoms with Gasteiger partial charge in [0.25, 0.3) is 0 Å². The lowest BCUT2D eigenvalue weighted by Gasteiger charge is -2.32. The minimum Gasteiger partial charge on any atom is -0.476 e. The van der Waals surface area contributed by atoms with Crippen LogP contribution in [0.1, 0.15) is 12.7 Å². The number of aromatic nitrogens is 2. The van der Waals surface area contributed by atoms with E-state index in [1.54, 1.807) is 11.6 Å². The lowest BCUT2D eigenvalue weighted by molar-refractivity contribution is -0.129. The van der Waals surface area contributed by atoms with Gasteiger partial charge in [-0.1, -0.05) is 17.8 Å². The number of aliphatic carboxylic acids is 1. The Morgan fingerprint density at radius 3 is 2.92 bits per heavy atom. The molecule has 2 rings (SSSR count). The predicted molar refractivity (Wildman–Crippen MR) is 95.5 cm³/mol. The van der Waals surface area contributed by atoms with Gasteiger partial charge in [-0.2, -0.15) is 9.36 Å². The summed E-state index contributed by atoms with van der Waals surface area (Å²) in [6.07, 6.45) is 1.42. The molecule has 1 aliphatic rings. The van der Waals surface area contributed by atoms with Crippen LogP contribution in [0.5, 0.6) is 0 Å². The summed E-state index contributed by atoms with van der Waals surface area (Å²) in [5.41, 5.74) is -0.464. The number of hydrogen-bond acceptors (Lipinski definition) is 9. The van der Waals surface area contributed by atoms with Crippen LogP contribution in [0.25, 0.3) is 0 Å². The molecule has 26 heavy (non-hydrogen) atoms. The zero-order chi connectivity index (χ0) is 19.0. The van der Waals surface area contributed by atoms with E-state index in [-0.39, 0.29) is 24.2 Å². The van der Waals surface area contributed by atoms with E-state index in [4.69, 9.17) is 14.1 Å². The molecule has 2 heterocycles. The molecular formula is C13H20N5O6PS. The van der Waals surface area contributed by atoms with Crippen LogP contribution in [-0.4, -0.2) is 70.3 Å². The summed E-state index contributed by atoms with van der Waals surface area (Å²) in [5.74, 6) is -1.50. The van der Waals surface area contributed by atoms with Crippen LogP contribution in [0.4, 0.5) is 5.13 Å². The maximum Gasteiger partial charge on any atom is 0.370 e. The summed E-state index contributed by atoms with van der Waals surface area (Å²) in [7, 11) is -3.40. The zero-order valence-corrected chi connectivity index (χ0v) is 15.9. The van der Waals surface area contributed by atoms with Gasteiger partial charge in [0.2, 0.25) is 16.7 Å². The van der Waals surface area contributed by atoms with Crippen LogP contribution in [0.15, 0.2) is 17.8 Å². The maximum absolute atomic E-state index is 13.2. The fourth-order valence-corrected chi connectivity index (χ4v) is 4.63. The predicted octanol–water partition coefficient (Wildman–Crippen LogP) is 1.42. The molecule has 0 aliphatic carbocycles. The highest BCUT2D eigenvalue weighted by Gasteiger charge is 2.34. The van der Waals surface area contributed by atoms with E-state index in [0.29, 0.717) is 26.3 Å². The Morgan fingerprint density at radius 1 is 1.58 bits per heavy atom. The molecule has 11 nitrogen and oxygen atoms in total. The summed E-state index contributed by atoms with van der Waals surface area (Å²) >= 11 is 0.849. The number of carbonyl (C=O) groups is 1. The van der Waals surface area contributed by atoms with Gasteiger partial charge in [-0.05, 0) is 6.92 Å². The summed E-state index contributed by atoms with van der Waals surface area (Å²) in [6, 6.07) is 0.